The molecule has 0 radical (unpaired) electrons. The second-order valence-corrected chi connectivity index (χ2v) is 9.61. The van der Waals surface area contributed by atoms with Crippen molar-refractivity contribution >= 4 is 35.0 Å². The SMILES string of the molecule is CCC1(C)C2Sc3c(OC)ccc(O)c3C(O)=C2C(=O)C2C(=O)C(C(N)=O)=C(O)[C@@H](N)C21. The van der Waals surface area contributed by atoms with Crippen LogP contribution in [0.25, 0.3) is 5.76 Å². The molecule has 1 fully saturated rings. The molecule has 9 nitrogen and oxygen atoms in total. The Morgan fingerprint density at radius 1 is 1.22 bits per heavy atom. The third kappa shape index (κ3) is 2.65. The molecule has 1 amide bonds. The maximum atomic E-state index is 13.6. The Labute approximate surface area is 188 Å². The molecule has 5 atom stereocenters. The highest BCUT2D eigenvalue weighted by Gasteiger charge is 2.63. The lowest BCUT2D eigenvalue weighted by Crippen LogP contribution is -2.62. The first-order chi connectivity index (χ1) is 15.0. The summed E-state index contributed by atoms with van der Waals surface area (Å²) in [6, 6.07) is 1.73. The highest BCUT2D eigenvalue weighted by molar-refractivity contribution is 8.00. The summed E-state index contributed by atoms with van der Waals surface area (Å²) in [6.07, 6.45) is 0.437. The predicted molar refractivity (Wildman–Crippen MR) is 116 cm³/mol. The van der Waals surface area contributed by atoms with E-state index in [1.807, 2.05) is 13.8 Å². The molecule has 1 aromatic carbocycles. The Kier molecular flexibility index (Phi) is 5.05. The first kappa shape index (κ1) is 22.2. The number of carbonyl (C=O) groups excluding carboxylic acids is 3. The van der Waals surface area contributed by atoms with E-state index in [4.69, 9.17) is 16.2 Å². The van der Waals surface area contributed by atoms with Crippen molar-refractivity contribution in [2.24, 2.45) is 28.7 Å². The molecule has 3 aliphatic rings. The highest BCUT2D eigenvalue weighted by atomic mass is 32.2. The summed E-state index contributed by atoms with van der Waals surface area (Å²) >= 11 is 1.23. The van der Waals surface area contributed by atoms with Gasteiger partial charge in [0, 0.05) is 11.2 Å². The average molecular weight is 461 g/mol. The smallest absolute Gasteiger partial charge is 0.255 e. The second kappa shape index (κ2) is 7.28. The van der Waals surface area contributed by atoms with Gasteiger partial charge in [-0.05, 0) is 24.0 Å². The summed E-state index contributed by atoms with van der Waals surface area (Å²) in [7, 11) is 1.45. The van der Waals surface area contributed by atoms with E-state index >= 15 is 0 Å². The number of methoxy groups -OCH3 is 1. The Bertz CT molecular complexity index is 1140. The number of Topliss-reactive ketones (excluding diaryl/α,β-unsaturated/α-hetero) is 2. The maximum absolute atomic E-state index is 13.6. The lowest BCUT2D eigenvalue weighted by Gasteiger charge is -2.54. The lowest BCUT2D eigenvalue weighted by molar-refractivity contribution is -0.139. The van der Waals surface area contributed by atoms with Gasteiger partial charge in [0.05, 0.1) is 35.1 Å². The number of hydrogen-bond acceptors (Lipinski definition) is 9. The van der Waals surface area contributed by atoms with E-state index in [0.29, 0.717) is 17.1 Å². The van der Waals surface area contributed by atoms with Crippen molar-refractivity contribution in [2.45, 2.75) is 36.5 Å². The zero-order valence-corrected chi connectivity index (χ0v) is 18.5. The van der Waals surface area contributed by atoms with E-state index in [9.17, 15) is 29.7 Å². The van der Waals surface area contributed by atoms with Crippen molar-refractivity contribution in [1.82, 2.24) is 0 Å². The fraction of sp³-hybridized carbons (Fsp3) is 0.409. The minimum absolute atomic E-state index is 0.0255. The quantitative estimate of drug-likeness (QED) is 0.331. The summed E-state index contributed by atoms with van der Waals surface area (Å²) in [5, 5.41) is 31.5. The van der Waals surface area contributed by atoms with Crippen LogP contribution in [0, 0.1) is 17.3 Å². The number of aliphatic hydroxyl groups excluding tert-OH is 2. The van der Waals surface area contributed by atoms with Crippen LogP contribution in [0.1, 0.15) is 25.8 Å². The maximum Gasteiger partial charge on any atom is 0.255 e. The zero-order chi connectivity index (χ0) is 23.7. The second-order valence-electron chi connectivity index (χ2n) is 8.49. The molecule has 0 spiro atoms. The third-order valence-electron chi connectivity index (χ3n) is 7.07. The molecule has 1 heterocycles. The number of nitrogens with two attached hydrogens (primary N) is 2. The molecule has 4 unspecified atom stereocenters. The fourth-order valence-corrected chi connectivity index (χ4v) is 7.04. The minimum Gasteiger partial charge on any atom is -0.510 e. The number of benzene rings is 1. The van der Waals surface area contributed by atoms with Crippen LogP contribution in [0.15, 0.2) is 33.9 Å². The van der Waals surface area contributed by atoms with Crippen LogP contribution in [-0.4, -0.2) is 51.2 Å². The Hall–Kier alpha value is -2.98. The molecular weight excluding hydrogens is 436 g/mol. The first-order valence-corrected chi connectivity index (χ1v) is 11.0. The van der Waals surface area contributed by atoms with Gasteiger partial charge in [-0.3, -0.25) is 14.4 Å². The molecule has 0 bridgehead atoms. The Morgan fingerprint density at radius 2 is 1.88 bits per heavy atom. The number of carbonyl (C=O) groups is 3. The number of ether oxygens (including phenoxy) is 1. The molecule has 32 heavy (non-hydrogen) atoms. The summed E-state index contributed by atoms with van der Waals surface area (Å²) in [5.41, 5.74) is 10.1. The summed E-state index contributed by atoms with van der Waals surface area (Å²) in [4.78, 5) is 39.1. The normalized spacial score (nSPS) is 31.8. The number of rotatable bonds is 3. The first-order valence-electron chi connectivity index (χ1n) is 10.1. The van der Waals surface area contributed by atoms with E-state index < -0.39 is 63.1 Å². The molecule has 0 aromatic heterocycles. The third-order valence-corrected chi connectivity index (χ3v) is 8.72. The van der Waals surface area contributed by atoms with E-state index in [-0.39, 0.29) is 16.9 Å². The van der Waals surface area contributed by atoms with Crippen molar-refractivity contribution in [3.8, 4) is 11.5 Å². The van der Waals surface area contributed by atoms with Gasteiger partial charge in [-0.1, -0.05) is 13.8 Å². The van der Waals surface area contributed by atoms with Crippen LogP contribution in [0.2, 0.25) is 0 Å². The zero-order valence-electron chi connectivity index (χ0n) is 17.7. The van der Waals surface area contributed by atoms with Crippen LogP contribution >= 0.6 is 11.8 Å². The number of aliphatic hydroxyl groups is 2. The monoisotopic (exact) mass is 460 g/mol. The highest BCUT2D eigenvalue weighted by Crippen LogP contribution is 2.62. The van der Waals surface area contributed by atoms with Crippen molar-refractivity contribution in [3.63, 3.8) is 0 Å². The van der Waals surface area contributed by atoms with Crippen LogP contribution in [0.5, 0.6) is 11.5 Å². The molecule has 0 saturated heterocycles. The van der Waals surface area contributed by atoms with Gasteiger partial charge in [0.15, 0.2) is 11.6 Å². The largest absolute Gasteiger partial charge is 0.510 e. The van der Waals surface area contributed by atoms with Crippen LogP contribution in [0.3, 0.4) is 0 Å². The van der Waals surface area contributed by atoms with Crippen molar-refractivity contribution in [2.75, 3.05) is 7.11 Å². The van der Waals surface area contributed by atoms with Gasteiger partial charge in [0.2, 0.25) is 0 Å². The Morgan fingerprint density at radius 3 is 2.44 bits per heavy atom. The van der Waals surface area contributed by atoms with Crippen molar-refractivity contribution in [1.29, 1.82) is 0 Å². The van der Waals surface area contributed by atoms with Gasteiger partial charge < -0.3 is 31.5 Å². The number of amides is 1. The summed E-state index contributed by atoms with van der Waals surface area (Å²) < 4.78 is 5.40. The number of hydrogen-bond donors (Lipinski definition) is 5. The average Bonchev–Trinajstić information content (AvgIpc) is 2.74. The molecule has 170 valence electrons. The van der Waals surface area contributed by atoms with Gasteiger partial charge in [-0.2, -0.15) is 0 Å². The van der Waals surface area contributed by atoms with Crippen LogP contribution in [0.4, 0.5) is 0 Å². The minimum atomic E-state index is -1.39. The number of ketones is 2. The number of phenols is 1. The molecule has 2 aliphatic carbocycles. The summed E-state index contributed by atoms with van der Waals surface area (Å²) in [6.45, 7) is 3.69. The molecule has 10 heteroatoms. The number of primary amides is 1. The number of aromatic hydroxyl groups is 1. The van der Waals surface area contributed by atoms with Gasteiger partial charge in [-0.15, -0.1) is 11.8 Å². The van der Waals surface area contributed by atoms with Gasteiger partial charge >= 0.3 is 0 Å². The van der Waals surface area contributed by atoms with Crippen molar-refractivity contribution in [3.05, 3.63) is 34.6 Å². The van der Waals surface area contributed by atoms with E-state index in [2.05, 4.69) is 0 Å². The molecule has 1 saturated carbocycles. The summed E-state index contributed by atoms with van der Waals surface area (Å²) in [5.74, 6) is -5.90. The fourth-order valence-electron chi connectivity index (χ4n) is 5.28. The van der Waals surface area contributed by atoms with Gasteiger partial charge in [0.1, 0.15) is 28.6 Å². The van der Waals surface area contributed by atoms with E-state index in [1.54, 1.807) is 6.07 Å². The number of thioether (sulfide) groups is 1. The van der Waals surface area contributed by atoms with Gasteiger partial charge in [0.25, 0.3) is 5.91 Å². The van der Waals surface area contributed by atoms with E-state index in [1.165, 1.54) is 24.9 Å². The van der Waals surface area contributed by atoms with Crippen molar-refractivity contribution < 1.29 is 34.4 Å². The number of phenolic OH excluding ortho intramolecular Hbond substituents is 1. The predicted octanol–water partition coefficient (Wildman–Crippen LogP) is 1.58. The molecule has 1 aliphatic heterocycles. The lowest BCUT2D eigenvalue weighted by atomic mass is 9.53. The molecule has 7 N–H and O–H groups in total. The molecule has 4 rings (SSSR count). The number of fused-ring (bicyclic) bond motifs is 3. The van der Waals surface area contributed by atoms with Crippen LogP contribution in [-0.2, 0) is 14.4 Å². The molecular formula is C22H24N2O7S. The van der Waals surface area contributed by atoms with Gasteiger partial charge in [-0.25, -0.2) is 0 Å². The Balaban J connectivity index is 2.02. The topological polar surface area (TPSA) is 173 Å². The van der Waals surface area contributed by atoms with Crippen LogP contribution < -0.4 is 16.2 Å². The standard InChI is InChI=1S/C22H24N2O7S/c1-4-22(2)13-10(17(28)12(21(24)30)18(29)14(13)23)16(27)11-15(26)9-7(25)5-6-8(31-3)19(9)32-20(11)22/h5-6,10,13-14,20,25-26,29H,4,23H2,1-3H3,(H2,24,30)/t10?,13?,14-,20?,22?/m0/s1. The molecule has 1 aromatic rings. The van der Waals surface area contributed by atoms with E-state index in [0.717, 1.165) is 0 Å².